The van der Waals surface area contributed by atoms with Crippen molar-refractivity contribution in [3.8, 4) is 0 Å². The van der Waals surface area contributed by atoms with Crippen molar-refractivity contribution >= 4 is 23.1 Å². The van der Waals surface area contributed by atoms with E-state index in [9.17, 15) is 0 Å². The Morgan fingerprint density at radius 2 is 1.60 bits per heavy atom. The van der Waals surface area contributed by atoms with Crippen molar-refractivity contribution in [1.29, 1.82) is 0 Å². The SMILES string of the molecule is [CH2-]CCC.[CH2-]CCCO.[Mg+2]. The molecule has 0 radical (unpaired) electrons. The van der Waals surface area contributed by atoms with E-state index in [1.165, 1.54) is 6.42 Å². The molecule has 0 saturated heterocycles. The van der Waals surface area contributed by atoms with Gasteiger partial charge in [0, 0.05) is 6.61 Å². The van der Waals surface area contributed by atoms with E-state index >= 15 is 0 Å². The molecular weight excluding hydrogens is 136 g/mol. The minimum absolute atomic E-state index is 0. The van der Waals surface area contributed by atoms with Gasteiger partial charge in [0.25, 0.3) is 0 Å². The molecule has 0 amide bonds. The van der Waals surface area contributed by atoms with Crippen LogP contribution in [0.25, 0.3) is 0 Å². The van der Waals surface area contributed by atoms with Crippen molar-refractivity contribution in [2.45, 2.75) is 32.6 Å². The van der Waals surface area contributed by atoms with Gasteiger partial charge in [0.15, 0.2) is 0 Å². The van der Waals surface area contributed by atoms with Crippen molar-refractivity contribution in [3.63, 3.8) is 0 Å². The van der Waals surface area contributed by atoms with Gasteiger partial charge in [-0.15, -0.1) is 0 Å². The minimum atomic E-state index is 0. The van der Waals surface area contributed by atoms with Crippen LogP contribution in [0.3, 0.4) is 0 Å². The number of aliphatic hydroxyl groups excluding tert-OH is 1. The van der Waals surface area contributed by atoms with Crippen LogP contribution in [0, 0.1) is 13.8 Å². The molecule has 0 aromatic carbocycles. The fourth-order valence-electron chi connectivity index (χ4n) is 0.112. The van der Waals surface area contributed by atoms with E-state index in [4.69, 9.17) is 5.11 Å². The van der Waals surface area contributed by atoms with Crippen molar-refractivity contribution < 1.29 is 5.11 Å². The fourth-order valence-corrected chi connectivity index (χ4v) is 0.112. The van der Waals surface area contributed by atoms with Crippen LogP contribution in [0.4, 0.5) is 0 Å². The largest absolute Gasteiger partial charge is 2.00 e. The summed E-state index contributed by atoms with van der Waals surface area (Å²) in [5, 5.41) is 8.03. The van der Waals surface area contributed by atoms with Crippen molar-refractivity contribution in [2.75, 3.05) is 6.61 Å². The molecular formula is C8H18MgO. The molecule has 10 heavy (non-hydrogen) atoms. The van der Waals surface area contributed by atoms with Gasteiger partial charge in [-0.1, -0.05) is 19.8 Å². The van der Waals surface area contributed by atoms with Gasteiger partial charge in [0.2, 0.25) is 0 Å². The maximum Gasteiger partial charge on any atom is 2.00 e. The van der Waals surface area contributed by atoms with Gasteiger partial charge in [-0.05, 0) is 0 Å². The third-order valence-corrected chi connectivity index (χ3v) is 0.762. The Morgan fingerprint density at radius 3 is 1.60 bits per heavy atom. The molecule has 0 rings (SSSR count). The molecule has 0 heterocycles. The molecule has 58 valence electrons. The molecule has 0 atom stereocenters. The molecule has 0 fully saturated rings. The van der Waals surface area contributed by atoms with Crippen LogP contribution in [0.15, 0.2) is 0 Å². The predicted molar refractivity (Wildman–Crippen MR) is 47.7 cm³/mol. The van der Waals surface area contributed by atoms with Crippen molar-refractivity contribution in [3.05, 3.63) is 13.8 Å². The van der Waals surface area contributed by atoms with Crippen LogP contribution >= 0.6 is 0 Å². The van der Waals surface area contributed by atoms with Crippen molar-refractivity contribution in [1.82, 2.24) is 0 Å². The molecule has 0 unspecified atom stereocenters. The average molecular weight is 155 g/mol. The Hall–Kier alpha value is 0.726. The molecule has 2 heteroatoms. The molecule has 0 aliphatic rings. The molecule has 1 N–H and O–H groups in total. The Bertz CT molecular complexity index is 28.4. The van der Waals surface area contributed by atoms with Crippen LogP contribution in [-0.4, -0.2) is 34.8 Å². The van der Waals surface area contributed by atoms with Gasteiger partial charge >= 0.3 is 23.1 Å². The number of hydrogen-bond acceptors (Lipinski definition) is 1. The number of unbranched alkanes of at least 4 members (excludes halogenated alkanes) is 2. The van der Waals surface area contributed by atoms with E-state index < -0.39 is 0 Å². The summed E-state index contributed by atoms with van der Waals surface area (Å²) in [5.74, 6) is 0. The zero-order valence-electron chi connectivity index (χ0n) is 7.10. The van der Waals surface area contributed by atoms with E-state index in [-0.39, 0.29) is 29.7 Å². The molecule has 0 aromatic rings. The Balaban J connectivity index is -0.0000000910. The fraction of sp³-hybridized carbons (Fsp3) is 0.750. The van der Waals surface area contributed by atoms with Gasteiger partial charge in [-0.3, -0.25) is 0 Å². The second-order valence-electron chi connectivity index (χ2n) is 1.78. The van der Waals surface area contributed by atoms with Crippen LogP contribution in [0.5, 0.6) is 0 Å². The molecule has 0 spiro atoms. The van der Waals surface area contributed by atoms with E-state index in [1.807, 2.05) is 0 Å². The van der Waals surface area contributed by atoms with Crippen LogP contribution in [0.2, 0.25) is 0 Å². The second kappa shape index (κ2) is 22.6. The third kappa shape index (κ3) is 37.5. The smallest absolute Gasteiger partial charge is 0.396 e. The van der Waals surface area contributed by atoms with E-state index in [0.29, 0.717) is 0 Å². The van der Waals surface area contributed by atoms with Gasteiger partial charge in [0.1, 0.15) is 0 Å². The summed E-state index contributed by atoms with van der Waals surface area (Å²) in [6, 6.07) is 0. The third-order valence-electron chi connectivity index (χ3n) is 0.762. The summed E-state index contributed by atoms with van der Waals surface area (Å²) in [6.07, 6.45) is 3.95. The summed E-state index contributed by atoms with van der Waals surface area (Å²) in [6.45, 7) is 9.52. The first kappa shape index (κ1) is 17.0. The molecule has 0 aliphatic carbocycles. The normalized spacial score (nSPS) is 7.20. The Kier molecular flexibility index (Phi) is 38.4. The number of aliphatic hydroxyl groups is 1. The summed E-state index contributed by atoms with van der Waals surface area (Å²) in [7, 11) is 0. The van der Waals surface area contributed by atoms with Gasteiger partial charge in [0.05, 0.1) is 0 Å². The first-order valence-corrected chi connectivity index (χ1v) is 3.52. The van der Waals surface area contributed by atoms with Gasteiger partial charge in [-0.2, -0.15) is 12.8 Å². The van der Waals surface area contributed by atoms with E-state index in [0.717, 1.165) is 19.3 Å². The predicted octanol–water partition coefficient (Wildman–Crippen LogP) is 1.83. The number of hydrogen-bond donors (Lipinski definition) is 1. The monoisotopic (exact) mass is 154 g/mol. The molecule has 0 saturated carbocycles. The van der Waals surface area contributed by atoms with Gasteiger partial charge in [-0.25, -0.2) is 0 Å². The Labute approximate surface area is 81.4 Å². The summed E-state index contributed by atoms with van der Waals surface area (Å²) >= 11 is 0. The van der Waals surface area contributed by atoms with Crippen LogP contribution < -0.4 is 0 Å². The van der Waals surface area contributed by atoms with Gasteiger partial charge < -0.3 is 19.0 Å². The first-order valence-electron chi connectivity index (χ1n) is 3.52. The maximum atomic E-state index is 8.03. The standard InChI is InChI=1S/C4H9O.C4H9.Mg/c1-2-3-4-5;1-3-4-2;/h5H,1-4H2;1,3-4H2,2H3;/q2*-1;+2. The zero-order valence-corrected chi connectivity index (χ0v) is 8.52. The Morgan fingerprint density at radius 1 is 1.20 bits per heavy atom. The van der Waals surface area contributed by atoms with Crippen LogP contribution in [0.1, 0.15) is 32.6 Å². The zero-order chi connectivity index (χ0) is 7.54. The summed E-state index contributed by atoms with van der Waals surface area (Å²) in [5.41, 5.74) is 0. The molecule has 0 aromatic heterocycles. The average Bonchev–Trinajstić information content (AvgIpc) is 1.91. The minimum Gasteiger partial charge on any atom is -0.396 e. The van der Waals surface area contributed by atoms with E-state index in [1.54, 1.807) is 0 Å². The molecule has 1 nitrogen and oxygen atoms in total. The molecule has 0 bridgehead atoms. The number of rotatable bonds is 3. The summed E-state index contributed by atoms with van der Waals surface area (Å²) < 4.78 is 0. The summed E-state index contributed by atoms with van der Waals surface area (Å²) in [4.78, 5) is 0. The second-order valence-corrected chi connectivity index (χ2v) is 1.78. The molecule has 0 aliphatic heterocycles. The van der Waals surface area contributed by atoms with Crippen molar-refractivity contribution in [2.24, 2.45) is 0 Å². The topological polar surface area (TPSA) is 20.2 Å². The quantitative estimate of drug-likeness (QED) is 0.486. The van der Waals surface area contributed by atoms with Crippen LogP contribution in [-0.2, 0) is 0 Å². The maximum absolute atomic E-state index is 8.03. The first-order chi connectivity index (χ1) is 4.33. The van der Waals surface area contributed by atoms with E-state index in [2.05, 4.69) is 20.8 Å².